The van der Waals surface area contributed by atoms with Crippen LogP contribution in [-0.4, -0.2) is 7.11 Å². The Balaban J connectivity index is 1.70. The molecule has 1 aliphatic rings. The first-order valence-corrected chi connectivity index (χ1v) is 7.96. The molecule has 0 amide bonds. The third-order valence-electron chi connectivity index (χ3n) is 4.27. The average Bonchev–Trinajstić information content (AvgIpc) is 3.38. The van der Waals surface area contributed by atoms with Crippen LogP contribution < -0.4 is 4.74 Å². The fourth-order valence-corrected chi connectivity index (χ4v) is 2.94. The summed E-state index contributed by atoms with van der Waals surface area (Å²) < 4.78 is 11.0. The summed E-state index contributed by atoms with van der Waals surface area (Å²) in [6.07, 6.45) is 1.80. The van der Waals surface area contributed by atoms with E-state index in [2.05, 4.69) is 6.07 Å². The van der Waals surface area contributed by atoms with Crippen molar-refractivity contribution in [2.75, 3.05) is 7.11 Å². The van der Waals surface area contributed by atoms with Gasteiger partial charge in [0.2, 0.25) is 0 Å². The number of ether oxygens (including phenoxy) is 2. The minimum atomic E-state index is -0.357. The van der Waals surface area contributed by atoms with Crippen LogP contribution in [0.4, 0.5) is 0 Å². The Morgan fingerprint density at radius 3 is 2.48 bits per heavy atom. The second-order valence-electron chi connectivity index (χ2n) is 5.80. The van der Waals surface area contributed by atoms with E-state index in [4.69, 9.17) is 21.1 Å². The third-order valence-corrected chi connectivity index (χ3v) is 4.63. The van der Waals surface area contributed by atoms with Gasteiger partial charge in [-0.15, -0.1) is 0 Å². The molecule has 23 heavy (non-hydrogen) atoms. The van der Waals surface area contributed by atoms with Crippen molar-refractivity contribution in [2.45, 2.75) is 31.5 Å². The normalized spacial score (nSPS) is 15.0. The Bertz CT molecular complexity index is 730. The summed E-state index contributed by atoms with van der Waals surface area (Å²) in [5.74, 6) is 0.826. The zero-order valence-electron chi connectivity index (χ0n) is 13.0. The number of nitriles is 1. The Hall–Kier alpha value is -2.02. The maximum Gasteiger partial charge on any atom is 0.118 e. The number of hydrogen-bond acceptors (Lipinski definition) is 3. The van der Waals surface area contributed by atoms with Gasteiger partial charge in [0.25, 0.3) is 0 Å². The molecule has 1 fully saturated rings. The van der Waals surface area contributed by atoms with Gasteiger partial charge in [-0.2, -0.15) is 5.26 Å². The first-order valence-electron chi connectivity index (χ1n) is 7.58. The van der Waals surface area contributed by atoms with E-state index in [1.54, 1.807) is 7.11 Å². The molecule has 0 N–H and O–H groups in total. The zero-order valence-corrected chi connectivity index (χ0v) is 13.8. The highest BCUT2D eigenvalue weighted by atomic mass is 35.5. The fourth-order valence-electron chi connectivity index (χ4n) is 2.71. The Labute approximate surface area is 141 Å². The van der Waals surface area contributed by atoms with Gasteiger partial charge in [0, 0.05) is 10.6 Å². The number of rotatable bonds is 6. The Morgan fingerprint density at radius 1 is 1.13 bits per heavy atom. The van der Waals surface area contributed by atoms with Crippen molar-refractivity contribution in [3.63, 3.8) is 0 Å². The number of methoxy groups -OCH3 is 1. The monoisotopic (exact) mass is 327 g/mol. The summed E-state index contributed by atoms with van der Waals surface area (Å²) in [5, 5.41) is 10.1. The molecule has 4 heteroatoms. The molecule has 0 unspecified atom stereocenters. The lowest BCUT2D eigenvalue weighted by Gasteiger charge is -2.15. The van der Waals surface area contributed by atoms with E-state index >= 15 is 0 Å². The molecular formula is C19H18ClNO2. The van der Waals surface area contributed by atoms with Crippen LogP contribution in [0.5, 0.6) is 5.75 Å². The minimum Gasteiger partial charge on any atom is -0.497 e. The minimum absolute atomic E-state index is 0.357. The molecule has 0 heterocycles. The van der Waals surface area contributed by atoms with Gasteiger partial charge in [-0.3, -0.25) is 0 Å². The number of benzene rings is 2. The van der Waals surface area contributed by atoms with Crippen LogP contribution in [0.3, 0.4) is 0 Å². The highest BCUT2D eigenvalue weighted by Crippen LogP contribution is 2.49. The van der Waals surface area contributed by atoms with Crippen LogP contribution in [-0.2, 0) is 23.4 Å². The van der Waals surface area contributed by atoms with E-state index in [0.29, 0.717) is 18.2 Å². The number of hydrogen-bond donors (Lipinski definition) is 0. The summed E-state index contributed by atoms with van der Waals surface area (Å²) in [4.78, 5) is 0. The van der Waals surface area contributed by atoms with Crippen LogP contribution in [0.15, 0.2) is 42.5 Å². The van der Waals surface area contributed by atoms with Gasteiger partial charge < -0.3 is 9.47 Å². The molecule has 2 aromatic carbocycles. The zero-order chi connectivity index (χ0) is 16.3. The molecule has 1 saturated carbocycles. The molecule has 118 valence electrons. The lowest BCUT2D eigenvalue weighted by atomic mass is 9.93. The molecule has 0 bridgehead atoms. The highest BCUT2D eigenvalue weighted by Gasteiger charge is 2.46. The molecule has 0 aliphatic heterocycles. The van der Waals surface area contributed by atoms with Crippen molar-refractivity contribution in [3.8, 4) is 11.8 Å². The van der Waals surface area contributed by atoms with E-state index in [0.717, 1.165) is 35.3 Å². The van der Waals surface area contributed by atoms with Crippen LogP contribution in [0.2, 0.25) is 5.02 Å². The molecule has 3 nitrogen and oxygen atoms in total. The van der Waals surface area contributed by atoms with Crippen molar-refractivity contribution in [1.29, 1.82) is 5.26 Å². The molecule has 0 spiro atoms. The topological polar surface area (TPSA) is 42.2 Å². The summed E-state index contributed by atoms with van der Waals surface area (Å²) in [5.41, 5.74) is 2.66. The molecule has 2 aromatic rings. The highest BCUT2D eigenvalue weighted by molar-refractivity contribution is 6.31. The van der Waals surface area contributed by atoms with Crippen LogP contribution >= 0.6 is 11.6 Å². The Morgan fingerprint density at radius 2 is 1.87 bits per heavy atom. The second kappa shape index (κ2) is 6.62. The molecule has 0 saturated heterocycles. The third kappa shape index (κ3) is 3.34. The Kier molecular flexibility index (Phi) is 4.56. The maximum absolute atomic E-state index is 9.43. The van der Waals surface area contributed by atoms with E-state index in [-0.39, 0.29) is 5.41 Å². The first kappa shape index (κ1) is 15.9. The predicted molar refractivity (Wildman–Crippen MR) is 89.5 cm³/mol. The predicted octanol–water partition coefficient (Wildman–Crippen LogP) is 4.62. The van der Waals surface area contributed by atoms with E-state index in [9.17, 15) is 5.26 Å². The molecule has 0 atom stereocenters. The van der Waals surface area contributed by atoms with Crippen molar-refractivity contribution >= 4 is 11.6 Å². The summed E-state index contributed by atoms with van der Waals surface area (Å²) in [6, 6.07) is 16.0. The van der Waals surface area contributed by atoms with Gasteiger partial charge in [0.05, 0.1) is 31.8 Å². The van der Waals surface area contributed by atoms with Gasteiger partial charge in [0.1, 0.15) is 5.75 Å². The average molecular weight is 328 g/mol. The lowest BCUT2D eigenvalue weighted by molar-refractivity contribution is 0.106. The molecule has 0 radical (unpaired) electrons. The molecular weight excluding hydrogens is 310 g/mol. The van der Waals surface area contributed by atoms with Gasteiger partial charge in [0.15, 0.2) is 0 Å². The molecule has 3 rings (SSSR count). The molecule has 1 aliphatic carbocycles. The smallest absolute Gasteiger partial charge is 0.118 e. The van der Waals surface area contributed by atoms with Gasteiger partial charge in [-0.05, 0) is 42.2 Å². The van der Waals surface area contributed by atoms with E-state index < -0.39 is 0 Å². The summed E-state index contributed by atoms with van der Waals surface area (Å²) >= 11 is 6.34. The number of nitrogens with zero attached hydrogens (tertiary/aromatic N) is 1. The van der Waals surface area contributed by atoms with Crippen LogP contribution in [0.1, 0.15) is 29.5 Å². The van der Waals surface area contributed by atoms with Crippen molar-refractivity contribution in [1.82, 2.24) is 0 Å². The maximum atomic E-state index is 9.43. The lowest BCUT2D eigenvalue weighted by Crippen LogP contribution is -2.09. The van der Waals surface area contributed by atoms with Crippen molar-refractivity contribution in [2.24, 2.45) is 0 Å². The molecule has 0 aromatic heterocycles. The van der Waals surface area contributed by atoms with Crippen LogP contribution in [0.25, 0.3) is 0 Å². The fraction of sp³-hybridized carbons (Fsp3) is 0.316. The van der Waals surface area contributed by atoms with E-state index in [1.807, 2.05) is 42.5 Å². The van der Waals surface area contributed by atoms with Gasteiger partial charge in [-0.25, -0.2) is 0 Å². The summed E-state index contributed by atoms with van der Waals surface area (Å²) in [6.45, 7) is 0.901. The second-order valence-corrected chi connectivity index (χ2v) is 6.21. The standard InChI is InChI=1S/C19H18ClNO2/c1-22-15-7-5-14(6-8-15)11-23-12-16-17(3-2-4-18(16)20)19(13-21)9-10-19/h2-8H,9-12H2,1H3. The summed E-state index contributed by atoms with van der Waals surface area (Å²) in [7, 11) is 1.65. The number of halogens is 1. The first-order chi connectivity index (χ1) is 11.2. The van der Waals surface area contributed by atoms with Crippen LogP contribution in [0, 0.1) is 11.3 Å². The van der Waals surface area contributed by atoms with Crippen molar-refractivity contribution in [3.05, 3.63) is 64.2 Å². The quantitative estimate of drug-likeness (QED) is 0.777. The SMILES string of the molecule is COc1ccc(COCc2c(Cl)cccc2C2(C#N)CC2)cc1. The van der Waals surface area contributed by atoms with Crippen molar-refractivity contribution < 1.29 is 9.47 Å². The van der Waals surface area contributed by atoms with Gasteiger partial charge >= 0.3 is 0 Å². The van der Waals surface area contributed by atoms with E-state index in [1.165, 1.54) is 0 Å². The van der Waals surface area contributed by atoms with Gasteiger partial charge in [-0.1, -0.05) is 35.9 Å². The largest absolute Gasteiger partial charge is 0.497 e.